The Hall–Kier alpha value is -2.93. The SMILES string of the molecule is NCCCCC(N)C(=O)NNC(=O)C(CC(N)=O)NC(=O)NCC(=O)O. The maximum absolute atomic E-state index is 12.0. The van der Waals surface area contributed by atoms with E-state index in [-0.39, 0.29) is 0 Å². The number of carboxylic acid groups (broad SMARTS) is 1. The summed E-state index contributed by atoms with van der Waals surface area (Å²) in [5.41, 5.74) is 20.1. The van der Waals surface area contributed by atoms with Gasteiger partial charge in [-0.1, -0.05) is 6.42 Å². The molecule has 0 aliphatic carbocycles. The summed E-state index contributed by atoms with van der Waals surface area (Å²) in [4.78, 5) is 56.6. The summed E-state index contributed by atoms with van der Waals surface area (Å²) >= 11 is 0. The van der Waals surface area contributed by atoms with Crippen molar-refractivity contribution >= 4 is 29.7 Å². The van der Waals surface area contributed by atoms with Crippen molar-refractivity contribution in [3.05, 3.63) is 0 Å². The molecular weight excluding hydrogens is 350 g/mol. The number of hydrogen-bond acceptors (Lipinski definition) is 7. The van der Waals surface area contributed by atoms with E-state index in [1.54, 1.807) is 0 Å². The molecule has 2 atom stereocenters. The van der Waals surface area contributed by atoms with Gasteiger partial charge in [0.1, 0.15) is 12.6 Å². The van der Waals surface area contributed by atoms with Crippen molar-refractivity contribution in [1.29, 1.82) is 0 Å². The predicted octanol–water partition coefficient (Wildman–Crippen LogP) is -3.78. The van der Waals surface area contributed by atoms with Gasteiger partial charge in [0.15, 0.2) is 0 Å². The average molecular weight is 375 g/mol. The highest BCUT2D eigenvalue weighted by atomic mass is 16.4. The summed E-state index contributed by atoms with van der Waals surface area (Å²) in [7, 11) is 0. The van der Waals surface area contributed by atoms with Gasteiger partial charge in [-0.25, -0.2) is 4.79 Å². The van der Waals surface area contributed by atoms with Crippen LogP contribution in [0.25, 0.3) is 0 Å². The number of urea groups is 1. The Morgan fingerprint density at radius 1 is 1.00 bits per heavy atom. The summed E-state index contributed by atoms with van der Waals surface area (Å²) in [6.07, 6.45) is 1.13. The first-order valence-electron chi connectivity index (χ1n) is 7.77. The number of nitrogens with one attached hydrogen (secondary N) is 4. The van der Waals surface area contributed by atoms with Crippen molar-refractivity contribution in [2.75, 3.05) is 13.1 Å². The van der Waals surface area contributed by atoms with Gasteiger partial charge in [-0.05, 0) is 19.4 Å². The first-order chi connectivity index (χ1) is 12.2. The van der Waals surface area contributed by atoms with Crippen LogP contribution in [0, 0.1) is 0 Å². The smallest absolute Gasteiger partial charge is 0.323 e. The molecule has 0 spiro atoms. The minimum Gasteiger partial charge on any atom is -0.480 e. The summed E-state index contributed by atoms with van der Waals surface area (Å²) in [6, 6.07) is -3.29. The second kappa shape index (κ2) is 12.4. The molecule has 13 nitrogen and oxygen atoms in total. The third-order valence-corrected chi connectivity index (χ3v) is 3.04. The van der Waals surface area contributed by atoms with Gasteiger partial charge in [-0.2, -0.15) is 0 Å². The van der Waals surface area contributed by atoms with Crippen LogP contribution in [-0.4, -0.2) is 60.0 Å². The number of primary amides is 1. The topological polar surface area (TPSA) is 232 Å². The number of nitrogens with two attached hydrogens (primary N) is 3. The first kappa shape index (κ1) is 23.1. The number of aliphatic carboxylic acids is 1. The molecule has 0 rings (SSSR count). The average Bonchev–Trinajstić information content (AvgIpc) is 2.56. The molecule has 26 heavy (non-hydrogen) atoms. The van der Waals surface area contributed by atoms with Crippen molar-refractivity contribution in [3.8, 4) is 0 Å². The van der Waals surface area contributed by atoms with Gasteiger partial charge < -0.3 is 32.9 Å². The van der Waals surface area contributed by atoms with E-state index in [0.29, 0.717) is 25.8 Å². The van der Waals surface area contributed by atoms with Crippen LogP contribution in [0.5, 0.6) is 0 Å². The van der Waals surface area contributed by atoms with E-state index in [9.17, 15) is 24.0 Å². The number of unbranched alkanes of at least 4 members (excludes halogenated alkanes) is 1. The molecule has 0 aliphatic rings. The van der Waals surface area contributed by atoms with Crippen LogP contribution in [0.15, 0.2) is 0 Å². The van der Waals surface area contributed by atoms with Crippen LogP contribution in [0.4, 0.5) is 4.79 Å². The molecule has 0 aromatic carbocycles. The van der Waals surface area contributed by atoms with Crippen molar-refractivity contribution in [1.82, 2.24) is 21.5 Å². The Balaban J connectivity index is 4.54. The van der Waals surface area contributed by atoms with Crippen molar-refractivity contribution in [2.24, 2.45) is 17.2 Å². The van der Waals surface area contributed by atoms with Crippen LogP contribution in [-0.2, 0) is 19.2 Å². The fraction of sp³-hybridized carbons (Fsp3) is 0.615. The molecule has 0 fully saturated rings. The predicted molar refractivity (Wildman–Crippen MR) is 88.9 cm³/mol. The van der Waals surface area contributed by atoms with Gasteiger partial charge in [0.05, 0.1) is 12.5 Å². The Kier molecular flexibility index (Phi) is 11.0. The number of amides is 5. The van der Waals surface area contributed by atoms with E-state index >= 15 is 0 Å². The van der Waals surface area contributed by atoms with E-state index < -0.39 is 54.8 Å². The zero-order valence-electron chi connectivity index (χ0n) is 14.1. The molecule has 0 aliphatic heterocycles. The second-order valence-electron chi connectivity index (χ2n) is 5.31. The molecule has 0 saturated carbocycles. The number of carbonyl (C=O) groups excluding carboxylic acids is 4. The molecule has 0 bridgehead atoms. The zero-order chi connectivity index (χ0) is 20.1. The standard InChI is InChI=1S/C13H25N7O6/c14-4-2-1-3-7(15)11(24)19-20-12(25)8(5-9(16)21)18-13(26)17-6-10(22)23/h7-8H,1-6,14-15H2,(H2,16,21)(H,19,24)(H,20,25)(H,22,23)(H2,17,18,26). The maximum Gasteiger partial charge on any atom is 0.323 e. The molecule has 0 radical (unpaired) electrons. The number of hydrazine groups is 1. The van der Waals surface area contributed by atoms with Crippen LogP contribution >= 0.6 is 0 Å². The van der Waals surface area contributed by atoms with Crippen molar-refractivity contribution < 1.29 is 29.1 Å². The molecule has 0 heterocycles. The number of carbonyl (C=O) groups is 5. The lowest BCUT2D eigenvalue weighted by atomic mass is 10.1. The van der Waals surface area contributed by atoms with Gasteiger partial charge >= 0.3 is 12.0 Å². The van der Waals surface area contributed by atoms with E-state index in [2.05, 4.69) is 10.7 Å². The first-order valence-corrected chi connectivity index (χ1v) is 7.77. The van der Waals surface area contributed by atoms with Gasteiger partial charge in [-0.3, -0.25) is 30.0 Å². The van der Waals surface area contributed by atoms with Crippen molar-refractivity contribution in [2.45, 2.75) is 37.8 Å². The lowest BCUT2D eigenvalue weighted by Crippen LogP contribution is -2.57. The number of carboxylic acids is 1. The Morgan fingerprint density at radius 2 is 1.62 bits per heavy atom. The largest absolute Gasteiger partial charge is 0.480 e. The minimum atomic E-state index is -1.42. The molecule has 0 saturated heterocycles. The van der Waals surface area contributed by atoms with Crippen molar-refractivity contribution in [3.63, 3.8) is 0 Å². The Labute approximate surface area is 149 Å². The fourth-order valence-electron chi connectivity index (χ4n) is 1.72. The van der Waals surface area contributed by atoms with Gasteiger partial charge in [-0.15, -0.1) is 0 Å². The highest BCUT2D eigenvalue weighted by Crippen LogP contribution is 1.97. The quantitative estimate of drug-likeness (QED) is 0.131. The van der Waals surface area contributed by atoms with E-state index in [4.69, 9.17) is 22.3 Å². The third-order valence-electron chi connectivity index (χ3n) is 3.04. The van der Waals surface area contributed by atoms with Gasteiger partial charge in [0.25, 0.3) is 11.8 Å². The monoisotopic (exact) mass is 375 g/mol. The molecule has 148 valence electrons. The fourth-order valence-corrected chi connectivity index (χ4v) is 1.72. The zero-order valence-corrected chi connectivity index (χ0v) is 14.1. The lowest BCUT2D eigenvalue weighted by molar-refractivity contribution is -0.135. The third kappa shape index (κ3) is 10.8. The summed E-state index contributed by atoms with van der Waals surface area (Å²) < 4.78 is 0. The highest BCUT2D eigenvalue weighted by molar-refractivity contribution is 5.93. The summed E-state index contributed by atoms with van der Waals surface area (Å²) in [6.45, 7) is -0.222. The number of hydrogen-bond donors (Lipinski definition) is 8. The molecular formula is C13H25N7O6. The van der Waals surface area contributed by atoms with Crippen LogP contribution < -0.4 is 38.7 Å². The molecule has 0 aromatic rings. The van der Waals surface area contributed by atoms with E-state index in [0.717, 1.165) is 0 Å². The van der Waals surface area contributed by atoms with E-state index in [1.807, 2.05) is 10.7 Å². The second-order valence-corrected chi connectivity index (χ2v) is 5.31. The molecule has 5 amide bonds. The summed E-state index contributed by atoms with van der Waals surface area (Å²) in [5.74, 6) is -3.79. The molecule has 13 heteroatoms. The lowest BCUT2D eigenvalue weighted by Gasteiger charge is -2.18. The van der Waals surface area contributed by atoms with Gasteiger partial charge in [0.2, 0.25) is 5.91 Å². The van der Waals surface area contributed by atoms with Crippen LogP contribution in [0.2, 0.25) is 0 Å². The van der Waals surface area contributed by atoms with Crippen LogP contribution in [0.3, 0.4) is 0 Å². The Morgan fingerprint density at radius 3 is 2.15 bits per heavy atom. The van der Waals surface area contributed by atoms with Gasteiger partial charge in [0, 0.05) is 0 Å². The van der Waals surface area contributed by atoms with E-state index in [1.165, 1.54) is 0 Å². The number of rotatable bonds is 11. The normalized spacial score (nSPS) is 12.4. The highest BCUT2D eigenvalue weighted by Gasteiger charge is 2.24. The molecule has 11 N–H and O–H groups in total. The minimum absolute atomic E-state index is 0.361. The Bertz CT molecular complexity index is 527. The molecule has 0 aromatic heterocycles. The molecule has 2 unspecified atom stereocenters. The van der Waals surface area contributed by atoms with Crippen LogP contribution in [0.1, 0.15) is 25.7 Å². The maximum atomic E-state index is 12.0. The summed E-state index contributed by atoms with van der Waals surface area (Å²) in [5, 5.41) is 12.5.